The molecule has 1 atom stereocenters. The highest BCUT2D eigenvalue weighted by Gasteiger charge is 2.19. The van der Waals surface area contributed by atoms with Crippen molar-refractivity contribution in [1.29, 1.82) is 0 Å². The molecule has 1 aromatic rings. The predicted octanol–water partition coefficient (Wildman–Crippen LogP) is 3.77. The van der Waals surface area contributed by atoms with Gasteiger partial charge in [-0.1, -0.05) is 19.9 Å². The summed E-state index contributed by atoms with van der Waals surface area (Å²) in [4.78, 5) is 7.26. The van der Waals surface area contributed by atoms with E-state index in [1.807, 2.05) is 6.07 Å². The quantitative estimate of drug-likeness (QED) is 0.886. The molecular formula is C17H29N3. The Morgan fingerprint density at radius 1 is 1.30 bits per heavy atom. The average Bonchev–Trinajstić information content (AvgIpc) is 2.65. The number of rotatable bonds is 5. The summed E-state index contributed by atoms with van der Waals surface area (Å²) in [6, 6.07) is 6.30. The zero-order valence-electron chi connectivity index (χ0n) is 13.2. The zero-order chi connectivity index (χ0) is 14.4. The Balaban J connectivity index is 1.91. The van der Waals surface area contributed by atoms with Crippen LogP contribution in [0.3, 0.4) is 0 Å². The molecule has 1 fully saturated rings. The summed E-state index contributed by atoms with van der Waals surface area (Å²) in [5.74, 6) is 2.73. The third-order valence-corrected chi connectivity index (χ3v) is 4.36. The van der Waals surface area contributed by atoms with Crippen LogP contribution in [-0.2, 0) is 6.54 Å². The van der Waals surface area contributed by atoms with Crippen molar-refractivity contribution in [3.05, 3.63) is 23.9 Å². The topological polar surface area (TPSA) is 28.2 Å². The van der Waals surface area contributed by atoms with Crippen LogP contribution in [0.15, 0.2) is 18.2 Å². The predicted molar refractivity (Wildman–Crippen MR) is 85.9 cm³/mol. The lowest BCUT2D eigenvalue weighted by molar-refractivity contribution is 0.262. The number of aromatic nitrogens is 1. The molecule has 1 aliphatic rings. The van der Waals surface area contributed by atoms with E-state index in [0.29, 0.717) is 0 Å². The van der Waals surface area contributed by atoms with Gasteiger partial charge in [0, 0.05) is 13.1 Å². The van der Waals surface area contributed by atoms with Gasteiger partial charge >= 0.3 is 0 Å². The third kappa shape index (κ3) is 4.48. The summed E-state index contributed by atoms with van der Waals surface area (Å²) in [6.45, 7) is 11.2. The van der Waals surface area contributed by atoms with E-state index in [-0.39, 0.29) is 0 Å². The molecule has 1 aliphatic heterocycles. The lowest BCUT2D eigenvalue weighted by atomic mass is 9.89. The summed E-state index contributed by atoms with van der Waals surface area (Å²) in [6.07, 6.45) is 4.05. The fraction of sp³-hybridized carbons (Fsp3) is 0.706. The summed E-state index contributed by atoms with van der Waals surface area (Å²) in [5.41, 5.74) is 1.19. The van der Waals surface area contributed by atoms with Gasteiger partial charge in [0.2, 0.25) is 0 Å². The van der Waals surface area contributed by atoms with Gasteiger partial charge in [-0.25, -0.2) is 4.98 Å². The van der Waals surface area contributed by atoms with Crippen LogP contribution in [0.25, 0.3) is 0 Å². The highest BCUT2D eigenvalue weighted by atomic mass is 15.1. The van der Waals surface area contributed by atoms with Crippen LogP contribution in [-0.4, -0.2) is 29.5 Å². The molecule has 2 rings (SSSR count). The van der Waals surface area contributed by atoms with Crippen LogP contribution in [0, 0.1) is 11.8 Å². The maximum absolute atomic E-state index is 4.69. The summed E-state index contributed by atoms with van der Waals surface area (Å²) >= 11 is 0. The molecule has 0 aromatic carbocycles. The Morgan fingerprint density at radius 3 is 2.90 bits per heavy atom. The van der Waals surface area contributed by atoms with E-state index in [4.69, 9.17) is 0 Å². The lowest BCUT2D eigenvalue weighted by Gasteiger charge is -2.21. The molecule has 112 valence electrons. The van der Waals surface area contributed by atoms with Gasteiger partial charge in [-0.05, 0) is 63.2 Å². The maximum Gasteiger partial charge on any atom is 0.126 e. The molecule has 1 saturated heterocycles. The highest BCUT2D eigenvalue weighted by molar-refractivity contribution is 5.34. The van der Waals surface area contributed by atoms with Crippen LogP contribution >= 0.6 is 0 Å². The van der Waals surface area contributed by atoms with Crippen molar-refractivity contribution in [3.8, 4) is 0 Å². The molecule has 0 spiro atoms. The van der Waals surface area contributed by atoms with Gasteiger partial charge in [0.25, 0.3) is 0 Å². The van der Waals surface area contributed by atoms with Gasteiger partial charge in [-0.2, -0.15) is 0 Å². The molecule has 20 heavy (non-hydrogen) atoms. The second-order valence-corrected chi connectivity index (χ2v) is 6.26. The van der Waals surface area contributed by atoms with Crippen LogP contribution in [0.5, 0.6) is 0 Å². The van der Waals surface area contributed by atoms with Crippen molar-refractivity contribution in [2.45, 2.75) is 46.6 Å². The molecule has 2 heterocycles. The number of hydrogen-bond donors (Lipinski definition) is 1. The van der Waals surface area contributed by atoms with E-state index in [2.05, 4.69) is 48.1 Å². The van der Waals surface area contributed by atoms with Crippen molar-refractivity contribution in [2.24, 2.45) is 11.8 Å². The van der Waals surface area contributed by atoms with E-state index in [1.54, 1.807) is 0 Å². The summed E-state index contributed by atoms with van der Waals surface area (Å²) < 4.78 is 0. The first-order valence-corrected chi connectivity index (χ1v) is 8.11. The Kier molecular flexibility index (Phi) is 5.84. The van der Waals surface area contributed by atoms with E-state index in [0.717, 1.165) is 30.7 Å². The number of nitrogens with one attached hydrogen (secondary N) is 1. The Hall–Kier alpha value is -1.09. The third-order valence-electron chi connectivity index (χ3n) is 4.36. The smallest absolute Gasteiger partial charge is 0.126 e. The summed E-state index contributed by atoms with van der Waals surface area (Å²) in [5, 5.41) is 3.29. The lowest BCUT2D eigenvalue weighted by Crippen LogP contribution is -2.25. The zero-order valence-corrected chi connectivity index (χ0v) is 13.2. The van der Waals surface area contributed by atoms with E-state index < -0.39 is 0 Å². The normalized spacial score (nSPS) is 20.9. The number of likely N-dealkylation sites (tertiary alicyclic amines) is 1. The largest absolute Gasteiger partial charge is 0.370 e. The van der Waals surface area contributed by atoms with Crippen LogP contribution in [0.4, 0.5) is 5.82 Å². The number of pyridine rings is 1. The standard InChI is InChI=1S/C17H29N3/c1-4-18-17-9-5-8-16(19-17)13-20-11-6-7-15(10-12-20)14(2)3/h5,8-9,14-15H,4,6-7,10-13H2,1-3H3,(H,18,19). The van der Waals surface area contributed by atoms with Crippen LogP contribution in [0.2, 0.25) is 0 Å². The van der Waals surface area contributed by atoms with Gasteiger partial charge in [-0.3, -0.25) is 4.90 Å². The highest BCUT2D eigenvalue weighted by Crippen LogP contribution is 2.25. The Labute approximate surface area is 123 Å². The molecule has 1 unspecified atom stereocenters. The first kappa shape index (κ1) is 15.3. The fourth-order valence-corrected chi connectivity index (χ4v) is 3.08. The molecular weight excluding hydrogens is 246 g/mol. The van der Waals surface area contributed by atoms with Crippen molar-refractivity contribution in [3.63, 3.8) is 0 Å². The molecule has 1 N–H and O–H groups in total. The van der Waals surface area contributed by atoms with Crippen molar-refractivity contribution >= 4 is 5.82 Å². The first-order valence-electron chi connectivity index (χ1n) is 8.11. The minimum atomic E-state index is 0.824. The average molecular weight is 275 g/mol. The van der Waals surface area contributed by atoms with E-state index in [9.17, 15) is 0 Å². The number of hydrogen-bond acceptors (Lipinski definition) is 3. The number of anilines is 1. The monoisotopic (exact) mass is 275 g/mol. The molecule has 0 amide bonds. The van der Waals surface area contributed by atoms with Gasteiger partial charge in [0.15, 0.2) is 0 Å². The molecule has 3 heteroatoms. The molecule has 3 nitrogen and oxygen atoms in total. The van der Waals surface area contributed by atoms with Crippen LogP contribution in [0.1, 0.15) is 45.7 Å². The molecule has 0 saturated carbocycles. The second kappa shape index (κ2) is 7.63. The molecule has 1 aromatic heterocycles. The van der Waals surface area contributed by atoms with Crippen molar-refractivity contribution in [1.82, 2.24) is 9.88 Å². The second-order valence-electron chi connectivity index (χ2n) is 6.26. The summed E-state index contributed by atoms with van der Waals surface area (Å²) in [7, 11) is 0. The van der Waals surface area contributed by atoms with E-state index >= 15 is 0 Å². The van der Waals surface area contributed by atoms with E-state index in [1.165, 1.54) is 38.0 Å². The minimum Gasteiger partial charge on any atom is -0.370 e. The van der Waals surface area contributed by atoms with Crippen molar-refractivity contribution in [2.75, 3.05) is 25.0 Å². The Bertz CT molecular complexity index is 403. The minimum absolute atomic E-state index is 0.824. The van der Waals surface area contributed by atoms with Crippen LogP contribution < -0.4 is 5.32 Å². The Morgan fingerprint density at radius 2 is 2.15 bits per heavy atom. The number of nitrogens with zero attached hydrogens (tertiary/aromatic N) is 2. The van der Waals surface area contributed by atoms with Crippen molar-refractivity contribution < 1.29 is 0 Å². The van der Waals surface area contributed by atoms with Gasteiger partial charge in [0.1, 0.15) is 5.82 Å². The van der Waals surface area contributed by atoms with Gasteiger partial charge in [-0.15, -0.1) is 0 Å². The SMILES string of the molecule is CCNc1cccc(CN2CCCC(C(C)C)CC2)n1. The maximum atomic E-state index is 4.69. The molecule has 0 radical (unpaired) electrons. The fourth-order valence-electron chi connectivity index (χ4n) is 3.08. The molecule has 0 aliphatic carbocycles. The van der Waals surface area contributed by atoms with Gasteiger partial charge in [0.05, 0.1) is 5.69 Å². The molecule has 0 bridgehead atoms. The van der Waals surface area contributed by atoms with Gasteiger partial charge < -0.3 is 5.32 Å². The first-order chi connectivity index (χ1) is 9.69.